The Morgan fingerprint density at radius 1 is 1.55 bits per heavy atom. The molecule has 1 atom stereocenters. The average Bonchev–Trinajstić information content (AvgIpc) is 3.11. The van der Waals surface area contributed by atoms with Gasteiger partial charge in [0, 0.05) is 53.5 Å². The smallest absolute Gasteiger partial charge is 0.222 e. The first-order valence-electron chi connectivity index (χ1n) is 8.01. The van der Waals surface area contributed by atoms with Gasteiger partial charge in [-0.2, -0.15) is 5.10 Å². The highest BCUT2D eigenvalue weighted by molar-refractivity contribution is 5.76. The number of rotatable bonds is 8. The molecule has 0 aromatic carbocycles. The van der Waals surface area contributed by atoms with Crippen LogP contribution in [0.25, 0.3) is 0 Å². The van der Waals surface area contributed by atoms with E-state index in [1.54, 1.807) is 11.8 Å². The molecule has 0 aliphatic carbocycles. The number of ether oxygens (including phenoxy) is 1. The van der Waals surface area contributed by atoms with Crippen LogP contribution in [0.1, 0.15) is 18.4 Å². The van der Waals surface area contributed by atoms with E-state index in [0.29, 0.717) is 12.3 Å². The SMILES string of the molecule is COCCN1CCC(CN(C)C(=O)CCc2cnn(C)c2)C1. The van der Waals surface area contributed by atoms with Crippen molar-refractivity contribution in [3.8, 4) is 0 Å². The zero-order valence-electron chi connectivity index (χ0n) is 14.0. The largest absolute Gasteiger partial charge is 0.383 e. The van der Waals surface area contributed by atoms with Gasteiger partial charge in [0.05, 0.1) is 12.8 Å². The highest BCUT2D eigenvalue weighted by Crippen LogP contribution is 2.17. The lowest BCUT2D eigenvalue weighted by Gasteiger charge is -2.22. The number of carbonyl (C=O) groups is 1. The molecule has 1 aromatic rings. The molecule has 0 N–H and O–H groups in total. The summed E-state index contributed by atoms with van der Waals surface area (Å²) in [5.74, 6) is 0.809. The molecule has 0 spiro atoms. The molecule has 0 bridgehead atoms. The number of likely N-dealkylation sites (tertiary alicyclic amines) is 1. The highest BCUT2D eigenvalue weighted by atomic mass is 16.5. The summed E-state index contributed by atoms with van der Waals surface area (Å²) < 4.78 is 6.90. The second kappa shape index (κ2) is 8.29. The van der Waals surface area contributed by atoms with Gasteiger partial charge in [0.15, 0.2) is 0 Å². The average molecular weight is 308 g/mol. The van der Waals surface area contributed by atoms with Crippen molar-refractivity contribution in [1.29, 1.82) is 0 Å². The standard InChI is InChI=1S/C16H28N4O2/c1-18(11-15-6-7-20(13-15)8-9-22-3)16(21)5-4-14-10-17-19(2)12-14/h10,12,15H,4-9,11,13H2,1-3H3. The van der Waals surface area contributed by atoms with E-state index in [-0.39, 0.29) is 5.91 Å². The van der Waals surface area contributed by atoms with Gasteiger partial charge < -0.3 is 14.5 Å². The second-order valence-electron chi connectivity index (χ2n) is 6.24. The summed E-state index contributed by atoms with van der Waals surface area (Å²) in [6.45, 7) is 4.82. The van der Waals surface area contributed by atoms with Crippen molar-refractivity contribution in [2.24, 2.45) is 13.0 Å². The molecule has 1 aromatic heterocycles. The van der Waals surface area contributed by atoms with E-state index in [1.807, 2.05) is 31.4 Å². The summed E-state index contributed by atoms with van der Waals surface area (Å²) in [5, 5.41) is 4.13. The maximum atomic E-state index is 12.2. The van der Waals surface area contributed by atoms with E-state index < -0.39 is 0 Å². The molecule has 6 heteroatoms. The third kappa shape index (κ3) is 5.10. The molecule has 6 nitrogen and oxygen atoms in total. The molecule has 1 saturated heterocycles. The van der Waals surface area contributed by atoms with E-state index >= 15 is 0 Å². The highest BCUT2D eigenvalue weighted by Gasteiger charge is 2.24. The lowest BCUT2D eigenvalue weighted by Crippen LogP contribution is -2.33. The molecule has 1 aliphatic heterocycles. The van der Waals surface area contributed by atoms with Crippen molar-refractivity contribution in [1.82, 2.24) is 19.6 Å². The fourth-order valence-electron chi connectivity index (χ4n) is 3.02. The molecular weight excluding hydrogens is 280 g/mol. The predicted octanol–water partition coefficient (Wildman–Crippen LogP) is 0.779. The second-order valence-corrected chi connectivity index (χ2v) is 6.24. The maximum absolute atomic E-state index is 12.2. The summed E-state index contributed by atoms with van der Waals surface area (Å²) in [7, 11) is 5.55. The minimum Gasteiger partial charge on any atom is -0.383 e. The van der Waals surface area contributed by atoms with Crippen molar-refractivity contribution < 1.29 is 9.53 Å². The van der Waals surface area contributed by atoms with Crippen LogP contribution in [0.15, 0.2) is 12.4 Å². The van der Waals surface area contributed by atoms with Gasteiger partial charge in [0.25, 0.3) is 0 Å². The van der Waals surface area contributed by atoms with Gasteiger partial charge in [0.2, 0.25) is 5.91 Å². The zero-order chi connectivity index (χ0) is 15.9. The number of carbonyl (C=O) groups excluding carboxylic acids is 1. The van der Waals surface area contributed by atoms with Gasteiger partial charge in [-0.25, -0.2) is 0 Å². The first kappa shape index (κ1) is 17.0. The summed E-state index contributed by atoms with van der Waals surface area (Å²) in [4.78, 5) is 16.5. The van der Waals surface area contributed by atoms with Crippen molar-refractivity contribution in [2.45, 2.75) is 19.3 Å². The van der Waals surface area contributed by atoms with Gasteiger partial charge in [-0.1, -0.05) is 0 Å². The number of amides is 1. The van der Waals surface area contributed by atoms with Crippen LogP contribution in [0.5, 0.6) is 0 Å². The fourth-order valence-corrected chi connectivity index (χ4v) is 3.02. The topological polar surface area (TPSA) is 50.6 Å². The monoisotopic (exact) mass is 308 g/mol. The molecule has 22 heavy (non-hydrogen) atoms. The lowest BCUT2D eigenvalue weighted by molar-refractivity contribution is -0.130. The number of nitrogens with zero attached hydrogens (tertiary/aromatic N) is 4. The van der Waals surface area contributed by atoms with Crippen molar-refractivity contribution in [2.75, 3.05) is 46.9 Å². The molecule has 2 heterocycles. The van der Waals surface area contributed by atoms with Gasteiger partial charge in [-0.15, -0.1) is 0 Å². The molecule has 1 fully saturated rings. The third-order valence-corrected chi connectivity index (χ3v) is 4.33. The molecule has 2 rings (SSSR count). The summed E-state index contributed by atoms with van der Waals surface area (Å²) in [6.07, 6.45) is 6.30. The number of hydrogen-bond donors (Lipinski definition) is 0. The van der Waals surface area contributed by atoms with E-state index in [0.717, 1.165) is 44.8 Å². The molecule has 1 unspecified atom stereocenters. The van der Waals surface area contributed by atoms with E-state index in [9.17, 15) is 4.79 Å². The van der Waals surface area contributed by atoms with Crippen molar-refractivity contribution in [3.05, 3.63) is 18.0 Å². The van der Waals surface area contributed by atoms with Crippen LogP contribution in [-0.2, 0) is 23.0 Å². The first-order chi connectivity index (χ1) is 10.6. The fraction of sp³-hybridized carbons (Fsp3) is 0.750. The zero-order valence-corrected chi connectivity index (χ0v) is 14.0. The normalized spacial score (nSPS) is 18.8. The lowest BCUT2D eigenvalue weighted by atomic mass is 10.1. The van der Waals surface area contributed by atoms with Crippen LogP contribution in [0.2, 0.25) is 0 Å². The Hall–Kier alpha value is -1.40. The Morgan fingerprint density at radius 3 is 3.05 bits per heavy atom. The van der Waals surface area contributed by atoms with Crippen LogP contribution in [0.4, 0.5) is 0 Å². The number of aryl methyl sites for hydroxylation is 2. The van der Waals surface area contributed by atoms with E-state index in [1.165, 1.54) is 6.42 Å². The molecule has 1 aliphatic rings. The van der Waals surface area contributed by atoms with Crippen LogP contribution in [-0.4, -0.2) is 72.4 Å². The van der Waals surface area contributed by atoms with Gasteiger partial charge in [0.1, 0.15) is 0 Å². The van der Waals surface area contributed by atoms with Gasteiger partial charge >= 0.3 is 0 Å². The Morgan fingerprint density at radius 2 is 2.36 bits per heavy atom. The first-order valence-corrected chi connectivity index (χ1v) is 8.01. The molecule has 0 saturated carbocycles. The number of aromatic nitrogens is 2. The van der Waals surface area contributed by atoms with Crippen molar-refractivity contribution >= 4 is 5.91 Å². The van der Waals surface area contributed by atoms with Crippen molar-refractivity contribution in [3.63, 3.8) is 0 Å². The maximum Gasteiger partial charge on any atom is 0.222 e. The Labute approximate surface area is 133 Å². The Kier molecular flexibility index (Phi) is 6.39. The molecule has 0 radical (unpaired) electrons. The Bertz CT molecular complexity index is 474. The van der Waals surface area contributed by atoms with Gasteiger partial charge in [-0.3, -0.25) is 9.48 Å². The molecule has 124 valence electrons. The van der Waals surface area contributed by atoms with E-state index in [2.05, 4.69) is 10.00 Å². The summed E-state index contributed by atoms with van der Waals surface area (Å²) >= 11 is 0. The minimum absolute atomic E-state index is 0.221. The Balaban J connectivity index is 1.68. The quantitative estimate of drug-likeness (QED) is 0.712. The summed E-state index contributed by atoms with van der Waals surface area (Å²) in [6, 6.07) is 0. The summed E-state index contributed by atoms with van der Waals surface area (Å²) in [5.41, 5.74) is 1.12. The number of hydrogen-bond acceptors (Lipinski definition) is 4. The number of methoxy groups -OCH3 is 1. The predicted molar refractivity (Wildman–Crippen MR) is 85.6 cm³/mol. The molecule has 1 amide bonds. The van der Waals surface area contributed by atoms with Crippen LogP contribution >= 0.6 is 0 Å². The molecular formula is C16H28N4O2. The van der Waals surface area contributed by atoms with Gasteiger partial charge in [-0.05, 0) is 30.9 Å². The third-order valence-electron chi connectivity index (χ3n) is 4.33. The minimum atomic E-state index is 0.221. The van der Waals surface area contributed by atoms with Crippen LogP contribution in [0.3, 0.4) is 0 Å². The van der Waals surface area contributed by atoms with E-state index in [4.69, 9.17) is 4.74 Å². The van der Waals surface area contributed by atoms with Crippen LogP contribution in [0, 0.1) is 5.92 Å². The van der Waals surface area contributed by atoms with Crippen LogP contribution < -0.4 is 0 Å².